The average Bonchev–Trinajstić information content (AvgIpc) is 3.00. The zero-order valence-electron chi connectivity index (χ0n) is 13.0. The lowest BCUT2D eigenvalue weighted by Gasteiger charge is -2.04. The molecule has 0 unspecified atom stereocenters. The lowest BCUT2D eigenvalue weighted by molar-refractivity contribution is 0.951. The van der Waals surface area contributed by atoms with Gasteiger partial charge in [-0.15, -0.1) is 5.10 Å². The summed E-state index contributed by atoms with van der Waals surface area (Å²) in [5, 5.41) is 17.4. The third-order valence-electron chi connectivity index (χ3n) is 3.81. The lowest BCUT2D eigenvalue weighted by Crippen LogP contribution is -1.96. The average molecular weight is 390 g/mol. The SMILES string of the molecule is N#Cc1c(Nc2ccccc2)nn2c(-c3ccc(Br)cc3)ccnc12. The van der Waals surface area contributed by atoms with E-state index in [0.717, 1.165) is 21.4 Å². The molecule has 0 spiro atoms. The topological polar surface area (TPSA) is 66.0 Å². The van der Waals surface area contributed by atoms with Crippen LogP contribution in [0.4, 0.5) is 11.5 Å². The summed E-state index contributed by atoms with van der Waals surface area (Å²) in [4.78, 5) is 4.35. The van der Waals surface area contributed by atoms with Crippen molar-refractivity contribution < 1.29 is 0 Å². The van der Waals surface area contributed by atoms with Gasteiger partial charge in [0, 0.05) is 21.9 Å². The Kier molecular flexibility index (Phi) is 3.92. The number of anilines is 2. The highest BCUT2D eigenvalue weighted by molar-refractivity contribution is 9.10. The molecule has 0 aliphatic rings. The number of hydrogen-bond donors (Lipinski definition) is 1. The molecule has 5 nitrogen and oxygen atoms in total. The third kappa shape index (κ3) is 2.86. The van der Waals surface area contributed by atoms with Crippen LogP contribution in [0.15, 0.2) is 71.3 Å². The fraction of sp³-hybridized carbons (Fsp3) is 0. The van der Waals surface area contributed by atoms with Crippen LogP contribution in [0, 0.1) is 11.3 Å². The van der Waals surface area contributed by atoms with E-state index < -0.39 is 0 Å². The number of hydrogen-bond acceptors (Lipinski definition) is 4. The van der Waals surface area contributed by atoms with E-state index >= 15 is 0 Å². The Morgan fingerprint density at radius 1 is 1.00 bits per heavy atom. The maximum absolute atomic E-state index is 9.59. The molecule has 0 bridgehead atoms. The Hall–Kier alpha value is -3.17. The number of nitrogens with zero attached hydrogens (tertiary/aromatic N) is 4. The van der Waals surface area contributed by atoms with Gasteiger partial charge < -0.3 is 5.32 Å². The lowest BCUT2D eigenvalue weighted by atomic mass is 10.1. The van der Waals surface area contributed by atoms with Crippen LogP contribution >= 0.6 is 15.9 Å². The van der Waals surface area contributed by atoms with Crippen molar-refractivity contribution in [3.63, 3.8) is 0 Å². The van der Waals surface area contributed by atoms with E-state index in [2.05, 4.69) is 37.4 Å². The van der Waals surface area contributed by atoms with E-state index in [-0.39, 0.29) is 0 Å². The molecule has 0 atom stereocenters. The van der Waals surface area contributed by atoms with Gasteiger partial charge in [0.05, 0.1) is 5.69 Å². The Morgan fingerprint density at radius 2 is 1.76 bits per heavy atom. The normalized spacial score (nSPS) is 10.6. The van der Waals surface area contributed by atoms with Gasteiger partial charge in [0.1, 0.15) is 11.6 Å². The molecule has 25 heavy (non-hydrogen) atoms. The molecular weight excluding hydrogens is 378 g/mol. The summed E-state index contributed by atoms with van der Waals surface area (Å²) in [5.74, 6) is 0.491. The summed E-state index contributed by atoms with van der Waals surface area (Å²) >= 11 is 3.44. The zero-order chi connectivity index (χ0) is 17.2. The number of halogens is 1. The number of fused-ring (bicyclic) bond motifs is 1. The molecule has 0 radical (unpaired) electrons. The standard InChI is InChI=1S/C19H12BrN5/c20-14-8-6-13(7-9-14)17-10-11-22-19-16(12-21)18(24-25(17)19)23-15-4-2-1-3-5-15/h1-11H,(H,23,24). The predicted molar refractivity (Wildman–Crippen MR) is 101 cm³/mol. The van der Waals surface area contributed by atoms with E-state index in [4.69, 9.17) is 0 Å². The van der Waals surface area contributed by atoms with Crippen LogP contribution in [0.25, 0.3) is 16.9 Å². The predicted octanol–water partition coefficient (Wildman–Crippen LogP) is 4.77. The first-order valence-electron chi connectivity index (χ1n) is 7.62. The minimum Gasteiger partial charge on any atom is -0.338 e. The van der Waals surface area contributed by atoms with Gasteiger partial charge in [-0.1, -0.05) is 46.3 Å². The maximum atomic E-state index is 9.59. The van der Waals surface area contributed by atoms with Crippen molar-refractivity contribution in [2.45, 2.75) is 0 Å². The Labute approximate surface area is 152 Å². The smallest absolute Gasteiger partial charge is 0.175 e. The van der Waals surface area contributed by atoms with Crippen molar-refractivity contribution in [2.75, 3.05) is 5.32 Å². The van der Waals surface area contributed by atoms with Gasteiger partial charge in [-0.3, -0.25) is 0 Å². The molecule has 2 aromatic heterocycles. The molecule has 1 N–H and O–H groups in total. The number of nitriles is 1. The molecule has 0 fully saturated rings. The van der Waals surface area contributed by atoms with E-state index in [9.17, 15) is 5.26 Å². The first kappa shape index (κ1) is 15.4. The molecule has 0 amide bonds. The molecule has 0 saturated heterocycles. The van der Waals surface area contributed by atoms with Crippen molar-refractivity contribution >= 4 is 33.1 Å². The summed E-state index contributed by atoms with van der Waals surface area (Å²) in [6, 6.07) is 21.7. The highest BCUT2D eigenvalue weighted by atomic mass is 79.9. The second-order valence-corrected chi connectivity index (χ2v) is 6.31. The van der Waals surface area contributed by atoms with Crippen LogP contribution in [0.1, 0.15) is 5.56 Å². The van der Waals surface area contributed by atoms with Crippen molar-refractivity contribution in [3.8, 4) is 17.3 Å². The zero-order valence-corrected chi connectivity index (χ0v) is 14.6. The molecule has 6 heteroatoms. The molecule has 0 aliphatic heterocycles. The van der Waals surface area contributed by atoms with Crippen molar-refractivity contribution in [1.29, 1.82) is 5.26 Å². The highest BCUT2D eigenvalue weighted by Crippen LogP contribution is 2.27. The molecular formula is C19H12BrN5. The van der Waals surface area contributed by atoms with E-state index in [1.807, 2.05) is 60.7 Å². The van der Waals surface area contributed by atoms with E-state index in [0.29, 0.717) is 17.0 Å². The Balaban J connectivity index is 1.88. The fourth-order valence-electron chi connectivity index (χ4n) is 2.63. The van der Waals surface area contributed by atoms with Gasteiger partial charge >= 0.3 is 0 Å². The van der Waals surface area contributed by atoms with Crippen LogP contribution in [-0.4, -0.2) is 14.6 Å². The van der Waals surface area contributed by atoms with Gasteiger partial charge in [-0.2, -0.15) is 5.26 Å². The van der Waals surface area contributed by atoms with E-state index in [1.54, 1.807) is 10.7 Å². The summed E-state index contributed by atoms with van der Waals surface area (Å²) in [7, 11) is 0. The number of benzene rings is 2. The van der Waals surface area contributed by atoms with Crippen LogP contribution in [-0.2, 0) is 0 Å². The summed E-state index contributed by atoms with van der Waals surface area (Å²) < 4.78 is 2.71. The number of aromatic nitrogens is 3. The first-order valence-corrected chi connectivity index (χ1v) is 8.41. The van der Waals surface area contributed by atoms with Crippen LogP contribution in [0.5, 0.6) is 0 Å². The molecule has 0 saturated carbocycles. The van der Waals surface area contributed by atoms with Crippen molar-refractivity contribution in [3.05, 3.63) is 76.9 Å². The Bertz CT molecular complexity index is 1080. The molecule has 2 heterocycles. The quantitative estimate of drug-likeness (QED) is 0.547. The minimum absolute atomic E-state index is 0.419. The third-order valence-corrected chi connectivity index (χ3v) is 4.34. The number of rotatable bonds is 3. The van der Waals surface area contributed by atoms with Crippen LogP contribution in [0.3, 0.4) is 0 Å². The highest BCUT2D eigenvalue weighted by Gasteiger charge is 2.16. The monoisotopic (exact) mass is 389 g/mol. The molecule has 0 aliphatic carbocycles. The molecule has 2 aromatic carbocycles. The maximum Gasteiger partial charge on any atom is 0.175 e. The van der Waals surface area contributed by atoms with E-state index in [1.165, 1.54) is 0 Å². The van der Waals surface area contributed by atoms with Gasteiger partial charge in [0.15, 0.2) is 11.5 Å². The number of nitrogens with one attached hydrogen (secondary N) is 1. The van der Waals surface area contributed by atoms with Gasteiger partial charge in [0.25, 0.3) is 0 Å². The van der Waals surface area contributed by atoms with Crippen LogP contribution < -0.4 is 5.32 Å². The Morgan fingerprint density at radius 3 is 2.48 bits per heavy atom. The van der Waals surface area contributed by atoms with Gasteiger partial charge in [0.2, 0.25) is 0 Å². The first-order chi connectivity index (χ1) is 12.3. The fourth-order valence-corrected chi connectivity index (χ4v) is 2.90. The number of para-hydroxylation sites is 1. The van der Waals surface area contributed by atoms with Gasteiger partial charge in [-0.25, -0.2) is 9.50 Å². The summed E-state index contributed by atoms with van der Waals surface area (Å²) in [5.41, 5.74) is 3.68. The minimum atomic E-state index is 0.419. The molecule has 4 aromatic rings. The largest absolute Gasteiger partial charge is 0.338 e. The second kappa shape index (κ2) is 6.38. The molecule has 4 rings (SSSR count). The second-order valence-electron chi connectivity index (χ2n) is 5.40. The van der Waals surface area contributed by atoms with Crippen LogP contribution in [0.2, 0.25) is 0 Å². The molecule has 120 valence electrons. The summed E-state index contributed by atoms with van der Waals surface area (Å²) in [6.07, 6.45) is 1.70. The van der Waals surface area contributed by atoms with Gasteiger partial charge in [-0.05, 0) is 30.3 Å². The van der Waals surface area contributed by atoms with Crippen molar-refractivity contribution in [1.82, 2.24) is 14.6 Å². The summed E-state index contributed by atoms with van der Waals surface area (Å²) in [6.45, 7) is 0. The van der Waals surface area contributed by atoms with Crippen molar-refractivity contribution in [2.24, 2.45) is 0 Å².